The summed E-state index contributed by atoms with van der Waals surface area (Å²) in [4.78, 5) is 48.1. The third-order valence-electron chi connectivity index (χ3n) is 4.82. The highest BCUT2D eigenvalue weighted by molar-refractivity contribution is 5.96. The molecule has 0 unspecified atom stereocenters. The summed E-state index contributed by atoms with van der Waals surface area (Å²) in [5.74, 6) is -1.51. The van der Waals surface area contributed by atoms with Crippen molar-refractivity contribution in [2.75, 3.05) is 19.7 Å². The Balaban J connectivity index is 1.88. The minimum absolute atomic E-state index is 0.124. The van der Waals surface area contributed by atoms with Crippen molar-refractivity contribution in [1.29, 1.82) is 0 Å². The van der Waals surface area contributed by atoms with Gasteiger partial charge in [-0.2, -0.15) is 0 Å². The highest BCUT2D eigenvalue weighted by atomic mass is 16.5. The van der Waals surface area contributed by atoms with Crippen molar-refractivity contribution in [2.24, 2.45) is 5.92 Å². The summed E-state index contributed by atoms with van der Waals surface area (Å²) in [6.07, 6.45) is 7.33. The summed E-state index contributed by atoms with van der Waals surface area (Å²) in [6.45, 7) is 1.34. The maximum absolute atomic E-state index is 12.6. The van der Waals surface area contributed by atoms with E-state index in [1.807, 2.05) is 0 Å². The van der Waals surface area contributed by atoms with Gasteiger partial charge in [-0.25, -0.2) is 0 Å². The standard InChI is InChI=1S/C20H29N3O6/c1-2-28-18(25)13-21-17(24)12-22-19(26)15(11-14-7-4-3-5-8-14)23-20(27)16-9-6-10-29-16/h6,9-10,14-15H,2-5,7-8,11-13H2,1H3,(H,21,24)(H,22,26)(H,23,27)/t15-/m0/s1. The van der Waals surface area contributed by atoms with Crippen LogP contribution in [0.15, 0.2) is 22.8 Å². The lowest BCUT2D eigenvalue weighted by molar-refractivity contribution is -0.143. The fourth-order valence-electron chi connectivity index (χ4n) is 3.36. The number of rotatable bonds is 10. The van der Waals surface area contributed by atoms with E-state index in [1.54, 1.807) is 13.0 Å². The zero-order valence-electron chi connectivity index (χ0n) is 16.7. The molecule has 3 amide bonds. The number of hydrogen-bond donors (Lipinski definition) is 3. The van der Waals surface area contributed by atoms with Gasteiger partial charge in [-0.3, -0.25) is 19.2 Å². The molecule has 0 spiro atoms. The van der Waals surface area contributed by atoms with Crippen molar-refractivity contribution >= 4 is 23.7 Å². The van der Waals surface area contributed by atoms with Crippen molar-refractivity contribution in [3.05, 3.63) is 24.2 Å². The van der Waals surface area contributed by atoms with Crippen LogP contribution in [0.4, 0.5) is 0 Å². The number of amides is 3. The smallest absolute Gasteiger partial charge is 0.325 e. The quantitative estimate of drug-likeness (QED) is 0.499. The highest BCUT2D eigenvalue weighted by Gasteiger charge is 2.27. The van der Waals surface area contributed by atoms with Crippen molar-refractivity contribution in [2.45, 2.75) is 51.5 Å². The number of esters is 1. The molecule has 1 aromatic heterocycles. The van der Waals surface area contributed by atoms with Crippen LogP contribution >= 0.6 is 0 Å². The van der Waals surface area contributed by atoms with Gasteiger partial charge in [0.05, 0.1) is 19.4 Å². The molecule has 29 heavy (non-hydrogen) atoms. The average molecular weight is 407 g/mol. The van der Waals surface area contributed by atoms with Gasteiger partial charge in [0.25, 0.3) is 5.91 Å². The molecular weight excluding hydrogens is 378 g/mol. The van der Waals surface area contributed by atoms with Crippen LogP contribution < -0.4 is 16.0 Å². The number of ether oxygens (including phenoxy) is 1. The molecule has 0 radical (unpaired) electrons. The molecule has 1 heterocycles. The fourth-order valence-corrected chi connectivity index (χ4v) is 3.36. The van der Waals surface area contributed by atoms with Crippen LogP contribution in [0.2, 0.25) is 0 Å². The Hall–Kier alpha value is -2.84. The molecule has 1 fully saturated rings. The van der Waals surface area contributed by atoms with Crippen LogP contribution in [0.1, 0.15) is 56.0 Å². The lowest BCUT2D eigenvalue weighted by Crippen LogP contribution is -2.50. The Morgan fingerprint density at radius 1 is 1.14 bits per heavy atom. The Labute approximate surface area is 169 Å². The third-order valence-corrected chi connectivity index (χ3v) is 4.82. The van der Waals surface area contributed by atoms with Gasteiger partial charge in [-0.15, -0.1) is 0 Å². The Morgan fingerprint density at radius 2 is 1.90 bits per heavy atom. The van der Waals surface area contributed by atoms with Crippen LogP contribution in [-0.4, -0.2) is 49.4 Å². The second kappa shape index (κ2) is 11.9. The first-order valence-electron chi connectivity index (χ1n) is 10.0. The minimum atomic E-state index is -0.770. The van der Waals surface area contributed by atoms with Gasteiger partial charge in [-0.05, 0) is 31.4 Å². The fraction of sp³-hybridized carbons (Fsp3) is 0.600. The number of furan rings is 1. The van der Waals surface area contributed by atoms with Gasteiger partial charge in [-0.1, -0.05) is 32.1 Å². The Morgan fingerprint density at radius 3 is 2.55 bits per heavy atom. The Kier molecular flexibility index (Phi) is 9.20. The van der Waals surface area contributed by atoms with Crippen LogP contribution in [0, 0.1) is 5.92 Å². The maximum Gasteiger partial charge on any atom is 0.325 e. The van der Waals surface area contributed by atoms with Crippen molar-refractivity contribution in [3.8, 4) is 0 Å². The molecule has 1 aliphatic carbocycles. The average Bonchev–Trinajstić information content (AvgIpc) is 3.26. The molecule has 1 saturated carbocycles. The maximum atomic E-state index is 12.6. The number of hydrogen-bond acceptors (Lipinski definition) is 6. The van der Waals surface area contributed by atoms with E-state index in [4.69, 9.17) is 9.15 Å². The van der Waals surface area contributed by atoms with Gasteiger partial charge in [0.1, 0.15) is 12.6 Å². The molecule has 2 rings (SSSR count). The van der Waals surface area contributed by atoms with E-state index >= 15 is 0 Å². The first kappa shape index (κ1) is 22.4. The SMILES string of the molecule is CCOC(=O)CNC(=O)CNC(=O)[C@H](CC1CCCCC1)NC(=O)c1ccco1. The zero-order chi connectivity index (χ0) is 21.1. The molecule has 1 aliphatic rings. The summed E-state index contributed by atoms with van der Waals surface area (Å²) in [5, 5.41) is 7.61. The van der Waals surface area contributed by atoms with Gasteiger partial charge >= 0.3 is 5.97 Å². The number of carbonyl (C=O) groups is 4. The van der Waals surface area contributed by atoms with E-state index in [2.05, 4.69) is 16.0 Å². The lowest BCUT2D eigenvalue weighted by Gasteiger charge is -2.26. The predicted molar refractivity (Wildman–Crippen MR) is 104 cm³/mol. The van der Waals surface area contributed by atoms with Gasteiger partial charge in [0.2, 0.25) is 11.8 Å². The van der Waals surface area contributed by atoms with Gasteiger partial charge in [0, 0.05) is 0 Å². The molecule has 1 aromatic rings. The van der Waals surface area contributed by atoms with E-state index < -0.39 is 29.7 Å². The van der Waals surface area contributed by atoms with Crippen molar-refractivity contribution in [3.63, 3.8) is 0 Å². The molecule has 160 valence electrons. The van der Waals surface area contributed by atoms with E-state index in [-0.39, 0.29) is 25.5 Å². The number of carbonyl (C=O) groups excluding carboxylic acids is 4. The third kappa shape index (κ3) is 7.97. The highest BCUT2D eigenvalue weighted by Crippen LogP contribution is 2.27. The zero-order valence-corrected chi connectivity index (χ0v) is 16.7. The second-order valence-corrected chi connectivity index (χ2v) is 7.04. The molecule has 0 aliphatic heterocycles. The molecule has 0 aromatic carbocycles. The summed E-state index contributed by atoms with van der Waals surface area (Å²) in [5.41, 5.74) is 0. The largest absolute Gasteiger partial charge is 0.465 e. The molecule has 9 nitrogen and oxygen atoms in total. The molecule has 0 bridgehead atoms. The van der Waals surface area contributed by atoms with Crippen molar-refractivity contribution in [1.82, 2.24) is 16.0 Å². The normalized spacial score (nSPS) is 15.2. The summed E-state index contributed by atoms with van der Waals surface area (Å²) >= 11 is 0. The first-order chi connectivity index (χ1) is 14.0. The first-order valence-corrected chi connectivity index (χ1v) is 10.0. The lowest BCUT2D eigenvalue weighted by atomic mass is 9.84. The van der Waals surface area contributed by atoms with E-state index in [0.717, 1.165) is 25.7 Å². The predicted octanol–water partition coefficient (Wildman–Crippen LogP) is 1.14. The van der Waals surface area contributed by atoms with E-state index in [0.29, 0.717) is 12.3 Å². The Bertz CT molecular complexity index is 682. The second-order valence-electron chi connectivity index (χ2n) is 7.04. The molecule has 0 saturated heterocycles. The van der Waals surface area contributed by atoms with Gasteiger partial charge in [0.15, 0.2) is 5.76 Å². The molecule has 9 heteroatoms. The van der Waals surface area contributed by atoms with Gasteiger partial charge < -0.3 is 25.1 Å². The van der Waals surface area contributed by atoms with Crippen LogP contribution in [0.25, 0.3) is 0 Å². The van der Waals surface area contributed by atoms with E-state index in [9.17, 15) is 19.2 Å². The molecule has 1 atom stereocenters. The topological polar surface area (TPSA) is 127 Å². The molecular formula is C20H29N3O6. The summed E-state index contributed by atoms with van der Waals surface area (Å²) < 4.78 is 9.81. The summed E-state index contributed by atoms with van der Waals surface area (Å²) in [7, 11) is 0. The van der Waals surface area contributed by atoms with E-state index in [1.165, 1.54) is 18.8 Å². The van der Waals surface area contributed by atoms with Crippen molar-refractivity contribution < 1.29 is 28.3 Å². The minimum Gasteiger partial charge on any atom is -0.465 e. The van der Waals surface area contributed by atoms with Crippen LogP contribution in [-0.2, 0) is 19.1 Å². The molecule has 3 N–H and O–H groups in total. The monoisotopic (exact) mass is 407 g/mol. The van der Waals surface area contributed by atoms with Crippen LogP contribution in [0.3, 0.4) is 0 Å². The number of nitrogens with one attached hydrogen (secondary N) is 3. The van der Waals surface area contributed by atoms with Crippen LogP contribution in [0.5, 0.6) is 0 Å². The summed E-state index contributed by atoms with van der Waals surface area (Å²) in [6, 6.07) is 2.35.